The fourth-order valence-corrected chi connectivity index (χ4v) is 3.64. The maximum Gasteiger partial charge on any atom is 0.308 e. The summed E-state index contributed by atoms with van der Waals surface area (Å²) < 4.78 is 12.3. The van der Waals surface area contributed by atoms with Crippen molar-refractivity contribution in [2.45, 2.75) is 6.10 Å². The molecule has 0 saturated carbocycles. The van der Waals surface area contributed by atoms with Gasteiger partial charge in [0, 0.05) is 9.86 Å². The highest BCUT2D eigenvalue weighted by atomic mass is 79.9. The van der Waals surface area contributed by atoms with Gasteiger partial charge in [0.05, 0.1) is 5.52 Å². The number of amides is 1. The second-order valence-corrected chi connectivity index (χ2v) is 7.53. The molecule has 0 fully saturated rings. The molecule has 3 aromatic carbocycles. The van der Waals surface area contributed by atoms with Gasteiger partial charge in [0.1, 0.15) is 6.61 Å². The van der Waals surface area contributed by atoms with Crippen molar-refractivity contribution in [3.63, 3.8) is 0 Å². The smallest absolute Gasteiger partial charge is 0.308 e. The molecule has 0 spiro atoms. The van der Waals surface area contributed by atoms with E-state index in [-0.39, 0.29) is 18.2 Å². The predicted octanol–water partition coefficient (Wildman–Crippen LogP) is 5.24. The van der Waals surface area contributed by atoms with Gasteiger partial charge in [0.15, 0.2) is 17.2 Å². The standard InChI is InChI=1S/C21H14BrN3O4/c22-13-5-6-15-14(9-13)19(21(27)23-15)24-25-20(26)18-10-28-16-7-11-3-1-2-4-12(11)8-17(16)29-18/h1-9,18,23,27H,10H2/t18-/m1/s1. The molecule has 0 unspecified atom stereocenters. The number of halogens is 1. The van der Waals surface area contributed by atoms with Crippen LogP contribution in [-0.2, 0) is 4.79 Å². The summed E-state index contributed by atoms with van der Waals surface area (Å²) in [6, 6.07) is 17.0. The van der Waals surface area contributed by atoms with Crippen LogP contribution < -0.4 is 9.47 Å². The van der Waals surface area contributed by atoms with Gasteiger partial charge in [-0.3, -0.25) is 4.79 Å². The van der Waals surface area contributed by atoms with Crippen molar-refractivity contribution in [2.24, 2.45) is 10.2 Å². The lowest BCUT2D eigenvalue weighted by Crippen LogP contribution is -2.35. The summed E-state index contributed by atoms with van der Waals surface area (Å²) in [6.07, 6.45) is -0.911. The maximum absolute atomic E-state index is 12.5. The number of carbonyl (C=O) groups excluding carboxylic acids is 1. The Bertz CT molecular complexity index is 1300. The van der Waals surface area contributed by atoms with E-state index in [1.54, 1.807) is 12.1 Å². The Kier molecular flexibility index (Phi) is 4.21. The average molecular weight is 452 g/mol. The summed E-state index contributed by atoms with van der Waals surface area (Å²) in [5.74, 6) is 0.325. The zero-order valence-electron chi connectivity index (χ0n) is 14.9. The van der Waals surface area contributed by atoms with E-state index in [9.17, 15) is 9.90 Å². The van der Waals surface area contributed by atoms with Crippen LogP contribution in [0.2, 0.25) is 0 Å². The number of fused-ring (bicyclic) bond motifs is 3. The zero-order valence-corrected chi connectivity index (χ0v) is 16.5. The number of hydrogen-bond donors (Lipinski definition) is 2. The number of aromatic amines is 1. The molecule has 1 atom stereocenters. The van der Waals surface area contributed by atoms with Gasteiger partial charge in [0.25, 0.3) is 0 Å². The molecule has 5 rings (SSSR count). The van der Waals surface area contributed by atoms with E-state index in [1.165, 1.54) is 0 Å². The van der Waals surface area contributed by atoms with E-state index in [2.05, 4.69) is 31.1 Å². The molecule has 29 heavy (non-hydrogen) atoms. The number of H-pyrrole nitrogens is 1. The maximum atomic E-state index is 12.5. The third-order valence-corrected chi connectivity index (χ3v) is 5.20. The number of azo groups is 1. The molecule has 1 aliphatic heterocycles. The zero-order chi connectivity index (χ0) is 20.0. The quantitative estimate of drug-likeness (QED) is 0.407. The number of nitrogens with zero attached hydrogens (tertiary/aromatic N) is 2. The highest BCUT2D eigenvalue weighted by Gasteiger charge is 2.28. The Labute approximate surface area is 173 Å². The van der Waals surface area contributed by atoms with Crippen molar-refractivity contribution in [3.8, 4) is 17.4 Å². The first kappa shape index (κ1) is 17.7. The third-order valence-electron chi connectivity index (χ3n) is 4.71. The average Bonchev–Trinajstić information content (AvgIpc) is 3.04. The first-order valence-corrected chi connectivity index (χ1v) is 9.66. The van der Waals surface area contributed by atoms with Gasteiger partial charge >= 0.3 is 5.91 Å². The van der Waals surface area contributed by atoms with Crippen LogP contribution in [0.15, 0.2) is 69.3 Å². The van der Waals surface area contributed by atoms with E-state index in [0.29, 0.717) is 22.4 Å². The molecule has 0 radical (unpaired) electrons. The minimum Gasteiger partial charge on any atom is -0.493 e. The van der Waals surface area contributed by atoms with Gasteiger partial charge in [0.2, 0.25) is 12.0 Å². The van der Waals surface area contributed by atoms with Crippen molar-refractivity contribution in [2.75, 3.05) is 6.61 Å². The van der Waals surface area contributed by atoms with Crippen LogP contribution in [0.3, 0.4) is 0 Å². The number of hydrogen-bond acceptors (Lipinski definition) is 5. The number of ether oxygens (including phenoxy) is 2. The lowest BCUT2D eigenvalue weighted by molar-refractivity contribution is -0.127. The molecule has 8 heteroatoms. The van der Waals surface area contributed by atoms with Crippen LogP contribution in [0.5, 0.6) is 17.4 Å². The van der Waals surface area contributed by atoms with Crippen LogP contribution in [0.4, 0.5) is 5.69 Å². The number of aromatic hydroxyl groups is 1. The Balaban J connectivity index is 1.40. The Morgan fingerprint density at radius 1 is 1.10 bits per heavy atom. The summed E-state index contributed by atoms with van der Waals surface area (Å²) in [5.41, 5.74) is 0.878. The predicted molar refractivity (Wildman–Crippen MR) is 111 cm³/mol. The van der Waals surface area contributed by atoms with E-state index in [4.69, 9.17) is 9.47 Å². The van der Waals surface area contributed by atoms with Crippen LogP contribution >= 0.6 is 15.9 Å². The second kappa shape index (κ2) is 6.89. The molecule has 0 bridgehead atoms. The first-order chi connectivity index (χ1) is 14.1. The van der Waals surface area contributed by atoms with Gasteiger partial charge in [-0.15, -0.1) is 10.2 Å². The monoisotopic (exact) mass is 451 g/mol. The molecule has 0 aliphatic carbocycles. The second-order valence-electron chi connectivity index (χ2n) is 6.61. The number of benzene rings is 3. The van der Waals surface area contributed by atoms with E-state index in [1.807, 2.05) is 42.5 Å². The third kappa shape index (κ3) is 3.21. The van der Waals surface area contributed by atoms with Crippen LogP contribution in [0.25, 0.3) is 21.7 Å². The summed E-state index contributed by atoms with van der Waals surface area (Å²) in [6.45, 7) is 0.0363. The molecular weight excluding hydrogens is 438 g/mol. The van der Waals surface area contributed by atoms with Crippen molar-refractivity contribution >= 4 is 49.2 Å². The van der Waals surface area contributed by atoms with Gasteiger partial charge < -0.3 is 19.6 Å². The molecule has 144 valence electrons. The summed E-state index contributed by atoms with van der Waals surface area (Å²) in [7, 11) is 0. The summed E-state index contributed by atoms with van der Waals surface area (Å²) in [4.78, 5) is 15.3. The van der Waals surface area contributed by atoms with Gasteiger partial charge in [-0.2, -0.15) is 0 Å². The van der Waals surface area contributed by atoms with Gasteiger partial charge in [-0.25, -0.2) is 0 Å². The van der Waals surface area contributed by atoms with Crippen molar-refractivity contribution in [1.82, 2.24) is 4.98 Å². The topological polar surface area (TPSA) is 96.3 Å². The molecule has 0 saturated heterocycles. The van der Waals surface area contributed by atoms with Crippen LogP contribution in [0, 0.1) is 0 Å². The van der Waals surface area contributed by atoms with E-state index in [0.717, 1.165) is 15.2 Å². The van der Waals surface area contributed by atoms with Gasteiger partial charge in [-0.1, -0.05) is 40.2 Å². The molecule has 7 nitrogen and oxygen atoms in total. The lowest BCUT2D eigenvalue weighted by Gasteiger charge is -2.24. The number of carbonyl (C=O) groups is 1. The molecule has 1 aromatic heterocycles. The normalized spacial score (nSPS) is 16.0. The van der Waals surface area contributed by atoms with Crippen molar-refractivity contribution in [1.29, 1.82) is 0 Å². The SMILES string of the molecule is O=C(N=Nc1c(O)[nH]c2ccc(Br)cc12)[C@H]1COc2cc3ccccc3cc2O1. The van der Waals surface area contributed by atoms with Gasteiger partial charge in [-0.05, 0) is 41.1 Å². The molecule has 1 amide bonds. The van der Waals surface area contributed by atoms with E-state index >= 15 is 0 Å². The number of aromatic nitrogens is 1. The van der Waals surface area contributed by atoms with Crippen molar-refractivity contribution < 1.29 is 19.4 Å². The molecular formula is C21H14BrN3O4. The Hall–Kier alpha value is -3.39. The highest BCUT2D eigenvalue weighted by molar-refractivity contribution is 9.10. The summed E-state index contributed by atoms with van der Waals surface area (Å²) >= 11 is 3.38. The Morgan fingerprint density at radius 2 is 1.86 bits per heavy atom. The lowest BCUT2D eigenvalue weighted by atomic mass is 10.1. The fraction of sp³-hybridized carbons (Fsp3) is 0.0952. The number of nitrogens with one attached hydrogen (secondary N) is 1. The molecule has 1 aliphatic rings. The fourth-order valence-electron chi connectivity index (χ4n) is 3.28. The first-order valence-electron chi connectivity index (χ1n) is 8.86. The molecule has 4 aromatic rings. The van der Waals surface area contributed by atoms with Crippen LogP contribution in [0.1, 0.15) is 0 Å². The molecule has 2 heterocycles. The highest BCUT2D eigenvalue weighted by Crippen LogP contribution is 2.38. The largest absolute Gasteiger partial charge is 0.493 e. The van der Waals surface area contributed by atoms with Crippen LogP contribution in [-0.4, -0.2) is 28.7 Å². The van der Waals surface area contributed by atoms with E-state index < -0.39 is 12.0 Å². The minimum absolute atomic E-state index is 0.0363. The Morgan fingerprint density at radius 3 is 2.66 bits per heavy atom. The van der Waals surface area contributed by atoms with Crippen molar-refractivity contribution in [3.05, 3.63) is 59.1 Å². The molecule has 2 N–H and O–H groups in total. The summed E-state index contributed by atoms with van der Waals surface area (Å²) in [5, 5.41) is 20.5. The minimum atomic E-state index is -0.911. The number of rotatable bonds is 2.